The highest BCUT2D eigenvalue weighted by molar-refractivity contribution is 5.29. The molecule has 1 fully saturated rings. The molecule has 0 heteroatoms. The van der Waals surface area contributed by atoms with Gasteiger partial charge in [0.05, 0.1) is 0 Å². The molecule has 0 atom stereocenters. The van der Waals surface area contributed by atoms with E-state index in [1.165, 1.54) is 36.8 Å². The Morgan fingerprint density at radius 3 is 2.67 bits per heavy atom. The zero-order valence-electron chi connectivity index (χ0n) is 9.42. The average molecular weight is 198 g/mol. The number of aryl methyl sites for hydroxylation is 1. The maximum atomic E-state index is 3.41. The molecule has 0 unspecified atom stereocenters. The Morgan fingerprint density at radius 2 is 1.93 bits per heavy atom. The van der Waals surface area contributed by atoms with E-state index in [4.69, 9.17) is 0 Å². The van der Waals surface area contributed by atoms with Gasteiger partial charge in [0.1, 0.15) is 0 Å². The van der Waals surface area contributed by atoms with Gasteiger partial charge in [-0.15, -0.1) is 0 Å². The van der Waals surface area contributed by atoms with Crippen LogP contribution in [0.15, 0.2) is 24.3 Å². The lowest BCUT2D eigenvalue weighted by atomic mass is 10.0. The monoisotopic (exact) mass is 198 g/mol. The van der Waals surface area contributed by atoms with Gasteiger partial charge < -0.3 is 0 Å². The zero-order chi connectivity index (χ0) is 10.5. The van der Waals surface area contributed by atoms with Gasteiger partial charge in [0, 0.05) is 12.3 Å². The van der Waals surface area contributed by atoms with Gasteiger partial charge in [0.15, 0.2) is 0 Å². The number of hydrogen-bond acceptors (Lipinski definition) is 0. The highest BCUT2D eigenvalue weighted by Gasteiger charge is 2.11. The molecule has 1 aromatic rings. The summed E-state index contributed by atoms with van der Waals surface area (Å²) in [6.07, 6.45) is 6.32. The third-order valence-electron chi connectivity index (χ3n) is 3.20. The molecule has 0 spiro atoms. The summed E-state index contributed by atoms with van der Waals surface area (Å²) in [5, 5.41) is 0. The van der Waals surface area contributed by atoms with Crippen LogP contribution in [0.2, 0.25) is 0 Å². The van der Waals surface area contributed by atoms with Crippen LogP contribution in [0.5, 0.6) is 0 Å². The van der Waals surface area contributed by atoms with Crippen molar-refractivity contribution in [2.45, 2.75) is 39.0 Å². The molecule has 0 aliphatic heterocycles. The summed E-state index contributed by atoms with van der Waals surface area (Å²) in [5.41, 5.74) is 2.74. The molecule has 15 heavy (non-hydrogen) atoms. The molecule has 1 aliphatic carbocycles. The fourth-order valence-corrected chi connectivity index (χ4v) is 2.17. The molecule has 0 amide bonds. The van der Waals surface area contributed by atoms with Gasteiger partial charge in [-0.3, -0.25) is 0 Å². The van der Waals surface area contributed by atoms with Crippen LogP contribution in [0.3, 0.4) is 0 Å². The molecular formula is C15H18. The molecule has 1 aromatic carbocycles. The maximum Gasteiger partial charge on any atom is 0.0343 e. The molecule has 0 N–H and O–H groups in total. The van der Waals surface area contributed by atoms with E-state index in [1.807, 2.05) is 0 Å². The van der Waals surface area contributed by atoms with E-state index in [0.717, 1.165) is 6.42 Å². The van der Waals surface area contributed by atoms with Gasteiger partial charge >= 0.3 is 0 Å². The van der Waals surface area contributed by atoms with Crippen molar-refractivity contribution in [1.82, 2.24) is 0 Å². The molecule has 0 radical (unpaired) electrons. The van der Waals surface area contributed by atoms with Crippen LogP contribution in [0.1, 0.15) is 36.8 Å². The number of hydrogen-bond donors (Lipinski definition) is 0. The Bertz CT molecular complexity index is 373. The molecule has 0 aromatic heterocycles. The number of rotatable bonds is 1. The van der Waals surface area contributed by atoms with Crippen LogP contribution >= 0.6 is 0 Å². The molecule has 78 valence electrons. The van der Waals surface area contributed by atoms with E-state index >= 15 is 0 Å². The Hall–Kier alpha value is -1.22. The SMILES string of the molecule is Cc1ccccc1CC#CC1CCCC1. The van der Waals surface area contributed by atoms with Gasteiger partial charge in [-0.25, -0.2) is 0 Å². The third-order valence-corrected chi connectivity index (χ3v) is 3.20. The minimum Gasteiger partial charge on any atom is -0.0996 e. The van der Waals surface area contributed by atoms with E-state index in [9.17, 15) is 0 Å². The molecular weight excluding hydrogens is 180 g/mol. The minimum atomic E-state index is 0.689. The van der Waals surface area contributed by atoms with Crippen LogP contribution in [0.4, 0.5) is 0 Å². The van der Waals surface area contributed by atoms with Crippen molar-refractivity contribution in [2.24, 2.45) is 5.92 Å². The Morgan fingerprint density at radius 1 is 1.20 bits per heavy atom. The van der Waals surface area contributed by atoms with E-state index in [0.29, 0.717) is 5.92 Å². The Kier molecular flexibility index (Phi) is 3.45. The van der Waals surface area contributed by atoms with E-state index in [2.05, 4.69) is 43.0 Å². The first-order valence-electron chi connectivity index (χ1n) is 5.89. The fourth-order valence-electron chi connectivity index (χ4n) is 2.17. The van der Waals surface area contributed by atoms with E-state index in [-0.39, 0.29) is 0 Å². The van der Waals surface area contributed by atoms with Crippen molar-refractivity contribution < 1.29 is 0 Å². The summed E-state index contributed by atoms with van der Waals surface area (Å²) in [6, 6.07) is 8.52. The highest BCUT2D eigenvalue weighted by atomic mass is 14.1. The van der Waals surface area contributed by atoms with Crippen LogP contribution in [-0.4, -0.2) is 0 Å². The van der Waals surface area contributed by atoms with Crippen molar-refractivity contribution in [3.63, 3.8) is 0 Å². The second kappa shape index (κ2) is 5.03. The Labute approximate surface area is 92.7 Å². The molecule has 0 nitrogen and oxygen atoms in total. The van der Waals surface area contributed by atoms with Crippen LogP contribution in [0, 0.1) is 24.7 Å². The summed E-state index contributed by atoms with van der Waals surface area (Å²) in [6.45, 7) is 2.16. The summed E-state index contributed by atoms with van der Waals surface area (Å²) in [5.74, 6) is 7.43. The quantitative estimate of drug-likeness (QED) is 0.603. The van der Waals surface area contributed by atoms with Gasteiger partial charge in [-0.2, -0.15) is 0 Å². The number of benzene rings is 1. The molecule has 0 bridgehead atoms. The third kappa shape index (κ3) is 2.86. The fraction of sp³-hybridized carbons (Fsp3) is 0.467. The first-order valence-corrected chi connectivity index (χ1v) is 5.89. The van der Waals surface area contributed by atoms with Crippen molar-refractivity contribution in [2.75, 3.05) is 0 Å². The summed E-state index contributed by atoms with van der Waals surface area (Å²) < 4.78 is 0. The van der Waals surface area contributed by atoms with E-state index < -0.39 is 0 Å². The molecule has 1 aliphatic rings. The highest BCUT2D eigenvalue weighted by Crippen LogP contribution is 2.23. The second-order valence-electron chi connectivity index (χ2n) is 4.41. The van der Waals surface area contributed by atoms with Crippen molar-refractivity contribution in [1.29, 1.82) is 0 Å². The summed E-state index contributed by atoms with van der Waals surface area (Å²) in [7, 11) is 0. The van der Waals surface area contributed by atoms with Gasteiger partial charge in [0.25, 0.3) is 0 Å². The molecule has 0 heterocycles. The van der Waals surface area contributed by atoms with Gasteiger partial charge in [-0.1, -0.05) is 48.9 Å². The lowest BCUT2D eigenvalue weighted by Gasteiger charge is -2.00. The van der Waals surface area contributed by atoms with Crippen molar-refractivity contribution in [3.8, 4) is 11.8 Å². The zero-order valence-corrected chi connectivity index (χ0v) is 9.42. The first-order chi connectivity index (χ1) is 7.36. The van der Waals surface area contributed by atoms with E-state index in [1.54, 1.807) is 0 Å². The predicted molar refractivity (Wildman–Crippen MR) is 64.6 cm³/mol. The topological polar surface area (TPSA) is 0 Å². The summed E-state index contributed by atoms with van der Waals surface area (Å²) >= 11 is 0. The smallest absolute Gasteiger partial charge is 0.0343 e. The minimum absolute atomic E-state index is 0.689. The van der Waals surface area contributed by atoms with Crippen LogP contribution in [-0.2, 0) is 6.42 Å². The van der Waals surface area contributed by atoms with Crippen LogP contribution in [0.25, 0.3) is 0 Å². The maximum absolute atomic E-state index is 3.41. The molecule has 0 saturated heterocycles. The molecule has 1 saturated carbocycles. The first kappa shape index (κ1) is 10.3. The standard InChI is InChI=1S/C15H18/c1-13-7-2-5-11-15(13)12-6-10-14-8-3-4-9-14/h2,5,7,11,14H,3-4,8-9,12H2,1H3. The second-order valence-corrected chi connectivity index (χ2v) is 4.41. The van der Waals surface area contributed by atoms with Gasteiger partial charge in [0.2, 0.25) is 0 Å². The molecule has 2 rings (SSSR count). The van der Waals surface area contributed by atoms with Crippen molar-refractivity contribution >= 4 is 0 Å². The van der Waals surface area contributed by atoms with Gasteiger partial charge in [-0.05, 0) is 30.9 Å². The lowest BCUT2D eigenvalue weighted by molar-refractivity contribution is 0.711. The Balaban J connectivity index is 1.94. The van der Waals surface area contributed by atoms with Crippen molar-refractivity contribution in [3.05, 3.63) is 35.4 Å². The normalized spacial score (nSPS) is 16.1. The largest absolute Gasteiger partial charge is 0.0996 e. The van der Waals surface area contributed by atoms with Crippen LogP contribution < -0.4 is 0 Å². The lowest BCUT2D eigenvalue weighted by Crippen LogP contribution is -1.89. The average Bonchev–Trinajstić information content (AvgIpc) is 2.74. The predicted octanol–water partition coefficient (Wildman–Crippen LogP) is 3.73. The summed E-state index contributed by atoms with van der Waals surface area (Å²) in [4.78, 5) is 0.